The van der Waals surface area contributed by atoms with Gasteiger partial charge in [0.25, 0.3) is 0 Å². The van der Waals surface area contributed by atoms with Gasteiger partial charge in [-0.2, -0.15) is 4.73 Å². The summed E-state index contributed by atoms with van der Waals surface area (Å²) in [6.45, 7) is 5.79. The Balaban J connectivity index is 2.31. The van der Waals surface area contributed by atoms with E-state index < -0.39 is 5.41 Å². The molecule has 24 heavy (non-hydrogen) atoms. The summed E-state index contributed by atoms with van der Waals surface area (Å²) in [5.74, 6) is 0.105. The van der Waals surface area contributed by atoms with Crippen LogP contribution in [0.5, 0.6) is 0 Å². The van der Waals surface area contributed by atoms with Crippen LogP contribution < -0.4 is 5.56 Å². The zero-order chi connectivity index (χ0) is 17.5. The first-order valence-electron chi connectivity index (χ1n) is 7.55. The van der Waals surface area contributed by atoms with Crippen LogP contribution in [0.4, 0.5) is 4.39 Å². The Kier molecular flexibility index (Phi) is 3.75. The van der Waals surface area contributed by atoms with Gasteiger partial charge in [-0.1, -0.05) is 20.8 Å². The average Bonchev–Trinajstić information content (AvgIpc) is 2.85. The van der Waals surface area contributed by atoms with Crippen molar-refractivity contribution in [2.45, 2.75) is 26.2 Å². The van der Waals surface area contributed by atoms with Gasteiger partial charge in [-0.15, -0.1) is 0 Å². The maximum Gasteiger partial charge on any atom is 0.248 e. The van der Waals surface area contributed by atoms with Crippen molar-refractivity contribution >= 4 is 0 Å². The minimum Gasteiger partial charge on any atom is -0.427 e. The van der Waals surface area contributed by atoms with Gasteiger partial charge in [0.05, 0.1) is 0 Å². The molecular weight excluding hydrogens is 309 g/mol. The van der Waals surface area contributed by atoms with E-state index in [0.717, 1.165) is 4.73 Å². The molecule has 0 radical (unpaired) electrons. The van der Waals surface area contributed by atoms with Crippen LogP contribution in [-0.4, -0.2) is 19.9 Å². The smallest absolute Gasteiger partial charge is 0.248 e. The second-order valence-electron chi connectivity index (χ2n) is 6.64. The molecule has 0 aliphatic rings. The van der Waals surface area contributed by atoms with Crippen molar-refractivity contribution in [3.63, 3.8) is 0 Å². The van der Waals surface area contributed by atoms with Gasteiger partial charge in [0.15, 0.2) is 5.82 Å². The number of H-pyrrole nitrogens is 1. The summed E-state index contributed by atoms with van der Waals surface area (Å²) in [7, 11) is 0. The Morgan fingerprint density at radius 1 is 1.12 bits per heavy atom. The number of benzene rings is 1. The molecule has 0 fully saturated rings. The molecule has 5 nitrogen and oxygen atoms in total. The summed E-state index contributed by atoms with van der Waals surface area (Å²) < 4.78 is 14.2. The van der Waals surface area contributed by atoms with Crippen LogP contribution >= 0.6 is 0 Å². The number of halogens is 1. The Morgan fingerprint density at radius 3 is 2.38 bits per heavy atom. The zero-order valence-electron chi connectivity index (χ0n) is 13.7. The lowest BCUT2D eigenvalue weighted by Gasteiger charge is -2.16. The minimum absolute atomic E-state index is 0.281. The Hall–Kier alpha value is -2.89. The molecule has 0 saturated heterocycles. The fraction of sp³-hybridized carbons (Fsp3) is 0.222. The van der Waals surface area contributed by atoms with Crippen LogP contribution in [0.1, 0.15) is 26.6 Å². The average molecular weight is 327 g/mol. The predicted octanol–water partition coefficient (Wildman–Crippen LogP) is 3.58. The van der Waals surface area contributed by atoms with Crippen LogP contribution in [-0.2, 0) is 5.41 Å². The fourth-order valence-electron chi connectivity index (χ4n) is 2.56. The Bertz CT molecular complexity index is 934. The molecule has 0 spiro atoms. The largest absolute Gasteiger partial charge is 0.427 e. The number of aromatic nitrogens is 3. The van der Waals surface area contributed by atoms with Crippen molar-refractivity contribution in [3.8, 4) is 22.5 Å². The van der Waals surface area contributed by atoms with Crippen molar-refractivity contribution in [3.05, 3.63) is 64.6 Å². The molecule has 0 unspecified atom stereocenters. The monoisotopic (exact) mass is 327 g/mol. The van der Waals surface area contributed by atoms with Gasteiger partial charge < -0.3 is 10.2 Å². The molecule has 1 aromatic carbocycles. The van der Waals surface area contributed by atoms with Crippen molar-refractivity contribution in [2.75, 3.05) is 0 Å². The summed E-state index contributed by atoms with van der Waals surface area (Å²) in [5.41, 5.74) is 1.39. The highest BCUT2D eigenvalue weighted by atomic mass is 19.1. The van der Waals surface area contributed by atoms with Gasteiger partial charge in [0.2, 0.25) is 5.56 Å². The lowest BCUT2D eigenvalue weighted by Crippen LogP contribution is -2.18. The highest BCUT2D eigenvalue weighted by Gasteiger charge is 2.27. The third kappa shape index (κ3) is 2.82. The predicted molar refractivity (Wildman–Crippen MR) is 89.6 cm³/mol. The third-order valence-electron chi connectivity index (χ3n) is 3.69. The van der Waals surface area contributed by atoms with Gasteiger partial charge in [-0.05, 0) is 30.3 Å². The molecule has 6 heteroatoms. The quantitative estimate of drug-likeness (QED) is 0.707. The topological polar surface area (TPSA) is 70.9 Å². The molecule has 2 N–H and O–H groups in total. The van der Waals surface area contributed by atoms with Gasteiger partial charge in [-0.3, -0.25) is 4.79 Å². The van der Waals surface area contributed by atoms with E-state index in [4.69, 9.17) is 0 Å². The second kappa shape index (κ2) is 5.63. The summed E-state index contributed by atoms with van der Waals surface area (Å²) in [6, 6.07) is 8.95. The highest BCUT2D eigenvalue weighted by Crippen LogP contribution is 2.35. The van der Waals surface area contributed by atoms with Gasteiger partial charge in [0.1, 0.15) is 17.2 Å². The minimum atomic E-state index is -0.414. The summed E-state index contributed by atoms with van der Waals surface area (Å²) >= 11 is 0. The maximum atomic E-state index is 13.2. The van der Waals surface area contributed by atoms with E-state index in [9.17, 15) is 14.4 Å². The number of hydrogen-bond acceptors (Lipinski definition) is 3. The van der Waals surface area contributed by atoms with E-state index in [0.29, 0.717) is 28.3 Å². The van der Waals surface area contributed by atoms with Crippen molar-refractivity contribution in [2.24, 2.45) is 0 Å². The zero-order valence-corrected chi connectivity index (χ0v) is 13.7. The first-order valence-corrected chi connectivity index (χ1v) is 7.55. The van der Waals surface area contributed by atoms with Gasteiger partial charge in [0, 0.05) is 28.8 Å². The maximum absolute atomic E-state index is 13.2. The molecule has 0 aliphatic heterocycles. The van der Waals surface area contributed by atoms with E-state index in [2.05, 4.69) is 9.97 Å². The van der Waals surface area contributed by atoms with E-state index in [-0.39, 0.29) is 11.4 Å². The number of pyridine rings is 1. The molecule has 0 bridgehead atoms. The molecule has 124 valence electrons. The van der Waals surface area contributed by atoms with E-state index in [1.807, 2.05) is 20.8 Å². The number of hydrogen-bond donors (Lipinski definition) is 2. The van der Waals surface area contributed by atoms with Crippen molar-refractivity contribution in [1.29, 1.82) is 0 Å². The first kappa shape index (κ1) is 16.0. The normalized spacial score (nSPS) is 11.7. The first-order chi connectivity index (χ1) is 11.3. The number of imidazole rings is 1. The highest BCUT2D eigenvalue weighted by molar-refractivity contribution is 5.78. The fourth-order valence-corrected chi connectivity index (χ4v) is 2.56. The van der Waals surface area contributed by atoms with Crippen LogP contribution in [0.3, 0.4) is 0 Å². The molecular formula is C18H18FN3O2. The molecule has 0 amide bonds. The molecule has 0 aliphatic carbocycles. The van der Waals surface area contributed by atoms with Crippen LogP contribution in [0.15, 0.2) is 47.4 Å². The number of rotatable bonds is 2. The van der Waals surface area contributed by atoms with E-state index in [1.165, 1.54) is 24.4 Å². The van der Waals surface area contributed by atoms with Crippen molar-refractivity contribution in [1.82, 2.24) is 14.7 Å². The second-order valence-corrected chi connectivity index (χ2v) is 6.64. The van der Waals surface area contributed by atoms with E-state index in [1.54, 1.807) is 18.2 Å². The number of nitrogens with one attached hydrogen (secondary N) is 1. The molecule has 2 aromatic heterocycles. The lowest BCUT2D eigenvalue weighted by molar-refractivity contribution is 0.168. The molecule has 3 rings (SSSR count). The summed E-state index contributed by atoms with van der Waals surface area (Å²) in [6.07, 6.45) is 1.51. The summed E-state index contributed by atoms with van der Waals surface area (Å²) in [5, 5.41) is 10.7. The standard InChI is InChI=1S/C18H18FN3O2/c1-18(2,3)17-21-15(11-4-6-13(19)7-5-11)16(22(17)24)12-8-9-20-14(23)10-12/h4-10,24H,1-3H3,(H,20,23). The molecule has 3 aromatic rings. The lowest BCUT2D eigenvalue weighted by atomic mass is 9.96. The van der Waals surface area contributed by atoms with E-state index >= 15 is 0 Å². The van der Waals surface area contributed by atoms with Crippen molar-refractivity contribution < 1.29 is 9.60 Å². The Labute approximate surface area is 138 Å². The number of aromatic amines is 1. The third-order valence-corrected chi connectivity index (χ3v) is 3.69. The SMILES string of the molecule is CC(C)(C)c1nc(-c2ccc(F)cc2)c(-c2cc[nH]c(=O)c2)n1O. The van der Waals surface area contributed by atoms with Crippen LogP contribution in [0, 0.1) is 5.82 Å². The molecule has 0 saturated carbocycles. The molecule has 0 atom stereocenters. The summed E-state index contributed by atoms with van der Waals surface area (Å²) in [4.78, 5) is 18.8. The molecule has 2 heterocycles. The van der Waals surface area contributed by atoms with Gasteiger partial charge >= 0.3 is 0 Å². The van der Waals surface area contributed by atoms with Crippen LogP contribution in [0.25, 0.3) is 22.5 Å². The van der Waals surface area contributed by atoms with Crippen LogP contribution in [0.2, 0.25) is 0 Å². The number of nitrogens with zero attached hydrogens (tertiary/aromatic N) is 2. The Morgan fingerprint density at radius 2 is 1.79 bits per heavy atom. The van der Waals surface area contributed by atoms with Gasteiger partial charge in [-0.25, -0.2) is 9.37 Å².